The molecule has 0 bridgehead atoms. The van der Waals surface area contributed by atoms with Crippen molar-refractivity contribution in [3.63, 3.8) is 0 Å². The highest BCUT2D eigenvalue weighted by Gasteiger charge is 2.21. The number of nitrogens with zero attached hydrogens (tertiary/aromatic N) is 1. The molecule has 0 fully saturated rings. The van der Waals surface area contributed by atoms with Gasteiger partial charge in [0, 0.05) is 13.1 Å². The average Bonchev–Trinajstić information content (AvgIpc) is 3.28. The summed E-state index contributed by atoms with van der Waals surface area (Å²) in [5.41, 5.74) is 0.865. The number of hydrogen-bond donors (Lipinski definition) is 0. The van der Waals surface area contributed by atoms with Gasteiger partial charge in [-0.3, -0.25) is 9.59 Å². The fourth-order valence-corrected chi connectivity index (χ4v) is 2.40. The van der Waals surface area contributed by atoms with Crippen molar-refractivity contribution in [2.45, 2.75) is 13.0 Å². The van der Waals surface area contributed by atoms with Crippen LogP contribution in [-0.4, -0.2) is 37.2 Å². The van der Waals surface area contributed by atoms with Gasteiger partial charge in [0.1, 0.15) is 0 Å². The molecule has 7 heteroatoms. The van der Waals surface area contributed by atoms with Gasteiger partial charge in [-0.05, 0) is 29.8 Å². The smallest absolute Gasteiger partial charge is 0.307 e. The molecule has 1 aromatic carbocycles. The van der Waals surface area contributed by atoms with E-state index in [4.69, 9.17) is 13.9 Å². The van der Waals surface area contributed by atoms with Crippen LogP contribution in [0, 0.1) is 0 Å². The predicted octanol–water partition coefficient (Wildman–Crippen LogP) is 2.21. The largest absolute Gasteiger partial charge is 0.469 e. The third kappa shape index (κ3) is 3.51. The van der Waals surface area contributed by atoms with Crippen LogP contribution >= 0.6 is 0 Å². The van der Waals surface area contributed by atoms with Gasteiger partial charge in [0.05, 0.1) is 19.8 Å². The lowest BCUT2D eigenvalue weighted by Gasteiger charge is -2.21. The first-order valence-corrected chi connectivity index (χ1v) is 7.45. The fourth-order valence-electron chi connectivity index (χ4n) is 2.40. The van der Waals surface area contributed by atoms with E-state index in [1.165, 1.54) is 18.3 Å². The first-order chi connectivity index (χ1) is 11.7. The van der Waals surface area contributed by atoms with Gasteiger partial charge in [-0.1, -0.05) is 6.07 Å². The Morgan fingerprint density at radius 2 is 2.04 bits per heavy atom. The zero-order valence-electron chi connectivity index (χ0n) is 13.2. The van der Waals surface area contributed by atoms with Crippen molar-refractivity contribution in [1.29, 1.82) is 0 Å². The van der Waals surface area contributed by atoms with E-state index in [0.717, 1.165) is 5.56 Å². The van der Waals surface area contributed by atoms with Gasteiger partial charge < -0.3 is 23.5 Å². The molecule has 1 aliphatic heterocycles. The molecule has 0 radical (unpaired) electrons. The molecule has 1 amide bonds. The Morgan fingerprint density at radius 1 is 1.21 bits per heavy atom. The topological polar surface area (TPSA) is 78.2 Å². The highest BCUT2D eigenvalue weighted by atomic mass is 16.7. The number of hydrogen-bond acceptors (Lipinski definition) is 6. The van der Waals surface area contributed by atoms with Crippen molar-refractivity contribution in [2.24, 2.45) is 0 Å². The maximum absolute atomic E-state index is 12.6. The third-order valence-corrected chi connectivity index (χ3v) is 3.64. The Morgan fingerprint density at radius 3 is 2.79 bits per heavy atom. The van der Waals surface area contributed by atoms with Crippen LogP contribution in [0.2, 0.25) is 0 Å². The summed E-state index contributed by atoms with van der Waals surface area (Å²) in [6.07, 6.45) is 1.54. The second kappa shape index (κ2) is 7.08. The van der Waals surface area contributed by atoms with Gasteiger partial charge in [0.25, 0.3) is 5.91 Å². The quantitative estimate of drug-likeness (QED) is 0.755. The predicted molar refractivity (Wildman–Crippen MR) is 82.6 cm³/mol. The van der Waals surface area contributed by atoms with E-state index in [9.17, 15) is 9.59 Å². The zero-order valence-corrected chi connectivity index (χ0v) is 13.2. The molecule has 0 atom stereocenters. The van der Waals surface area contributed by atoms with Crippen LogP contribution in [0.4, 0.5) is 0 Å². The molecule has 0 N–H and O–H groups in total. The molecule has 0 saturated carbocycles. The van der Waals surface area contributed by atoms with E-state index < -0.39 is 0 Å². The molecule has 0 spiro atoms. The van der Waals surface area contributed by atoms with Crippen molar-refractivity contribution in [2.75, 3.05) is 20.4 Å². The Labute approximate surface area is 138 Å². The molecule has 3 rings (SSSR count). The van der Waals surface area contributed by atoms with Crippen LogP contribution < -0.4 is 9.47 Å². The summed E-state index contributed by atoms with van der Waals surface area (Å²) in [5, 5.41) is 0. The van der Waals surface area contributed by atoms with Crippen LogP contribution in [0.15, 0.2) is 41.0 Å². The van der Waals surface area contributed by atoms with E-state index >= 15 is 0 Å². The van der Waals surface area contributed by atoms with Gasteiger partial charge in [-0.25, -0.2) is 0 Å². The fraction of sp³-hybridized carbons (Fsp3) is 0.294. The minimum absolute atomic E-state index is 0.105. The normalized spacial score (nSPS) is 12.0. The van der Waals surface area contributed by atoms with E-state index in [1.54, 1.807) is 18.2 Å². The number of amides is 1. The molecule has 7 nitrogen and oxygen atoms in total. The van der Waals surface area contributed by atoms with Crippen LogP contribution in [0.25, 0.3) is 0 Å². The number of carbonyl (C=O) groups excluding carboxylic acids is 2. The van der Waals surface area contributed by atoms with Crippen LogP contribution in [-0.2, 0) is 16.1 Å². The monoisotopic (exact) mass is 331 g/mol. The zero-order chi connectivity index (χ0) is 16.9. The van der Waals surface area contributed by atoms with Crippen molar-refractivity contribution < 1.29 is 28.2 Å². The molecule has 0 unspecified atom stereocenters. The number of furan rings is 1. The third-order valence-electron chi connectivity index (χ3n) is 3.64. The number of rotatable bonds is 6. The van der Waals surface area contributed by atoms with Crippen LogP contribution in [0.5, 0.6) is 11.5 Å². The lowest BCUT2D eigenvalue weighted by atomic mass is 10.1. The lowest BCUT2D eigenvalue weighted by molar-refractivity contribution is -0.140. The molecule has 2 aromatic rings. The van der Waals surface area contributed by atoms with Gasteiger partial charge in [0.15, 0.2) is 17.3 Å². The van der Waals surface area contributed by atoms with Crippen LogP contribution in [0.3, 0.4) is 0 Å². The van der Waals surface area contributed by atoms with Gasteiger partial charge in [-0.15, -0.1) is 0 Å². The van der Waals surface area contributed by atoms with Crippen molar-refractivity contribution >= 4 is 11.9 Å². The van der Waals surface area contributed by atoms with E-state index in [1.807, 2.05) is 12.1 Å². The van der Waals surface area contributed by atoms with Crippen molar-refractivity contribution in [3.05, 3.63) is 47.9 Å². The summed E-state index contributed by atoms with van der Waals surface area (Å²) in [5.74, 6) is 0.878. The number of methoxy groups -OCH3 is 1. The molecule has 1 aromatic heterocycles. The highest BCUT2D eigenvalue weighted by molar-refractivity contribution is 5.91. The van der Waals surface area contributed by atoms with Crippen molar-refractivity contribution in [1.82, 2.24) is 4.90 Å². The first-order valence-electron chi connectivity index (χ1n) is 7.45. The summed E-state index contributed by atoms with van der Waals surface area (Å²) in [7, 11) is 1.32. The molecule has 1 aliphatic rings. The summed E-state index contributed by atoms with van der Waals surface area (Å²) in [6.45, 7) is 0.726. The first kappa shape index (κ1) is 15.9. The minimum Gasteiger partial charge on any atom is -0.469 e. The Bertz CT molecular complexity index is 725. The number of benzene rings is 1. The number of esters is 1. The summed E-state index contributed by atoms with van der Waals surface area (Å²) in [4.78, 5) is 25.5. The maximum atomic E-state index is 12.6. The molecule has 24 heavy (non-hydrogen) atoms. The summed E-state index contributed by atoms with van der Waals surface area (Å²) < 4.78 is 20.4. The summed E-state index contributed by atoms with van der Waals surface area (Å²) in [6, 6.07) is 8.71. The number of ether oxygens (including phenoxy) is 3. The number of fused-ring (bicyclic) bond motifs is 1. The molecule has 0 saturated heterocycles. The van der Waals surface area contributed by atoms with Gasteiger partial charge in [0.2, 0.25) is 6.79 Å². The van der Waals surface area contributed by atoms with E-state index in [-0.39, 0.29) is 37.4 Å². The Hall–Kier alpha value is -2.96. The van der Waals surface area contributed by atoms with Crippen LogP contribution in [0.1, 0.15) is 22.5 Å². The average molecular weight is 331 g/mol. The van der Waals surface area contributed by atoms with Gasteiger partial charge >= 0.3 is 5.97 Å². The Balaban J connectivity index is 1.76. The highest BCUT2D eigenvalue weighted by Crippen LogP contribution is 2.32. The SMILES string of the molecule is COC(=O)CCN(Cc1ccc2c(c1)OCO2)C(=O)c1ccco1. The van der Waals surface area contributed by atoms with Crippen molar-refractivity contribution in [3.8, 4) is 11.5 Å². The van der Waals surface area contributed by atoms with Gasteiger partial charge in [-0.2, -0.15) is 0 Å². The molecule has 0 aliphatic carbocycles. The van der Waals surface area contributed by atoms with E-state index in [0.29, 0.717) is 18.0 Å². The molecule has 126 valence electrons. The molecular formula is C17H17NO6. The second-order valence-corrected chi connectivity index (χ2v) is 5.22. The maximum Gasteiger partial charge on any atom is 0.307 e. The second-order valence-electron chi connectivity index (χ2n) is 5.22. The Kier molecular flexibility index (Phi) is 4.69. The lowest BCUT2D eigenvalue weighted by Crippen LogP contribution is -2.32. The minimum atomic E-state index is -0.377. The number of carbonyl (C=O) groups is 2. The standard InChI is InChI=1S/C17H17NO6/c1-21-16(19)6-7-18(17(20)14-3-2-8-22-14)10-12-4-5-13-15(9-12)24-11-23-13/h2-5,8-9H,6-7,10-11H2,1H3. The molecular weight excluding hydrogens is 314 g/mol. The summed E-state index contributed by atoms with van der Waals surface area (Å²) >= 11 is 0. The molecule has 2 heterocycles. The van der Waals surface area contributed by atoms with E-state index in [2.05, 4.69) is 4.74 Å².